The quantitative estimate of drug-likeness (QED) is 0.454. The van der Waals surface area contributed by atoms with Crippen molar-refractivity contribution in [3.63, 3.8) is 0 Å². The van der Waals surface area contributed by atoms with E-state index >= 15 is 0 Å². The topological polar surface area (TPSA) is 77.3 Å². The summed E-state index contributed by atoms with van der Waals surface area (Å²) in [6.45, 7) is 2.07. The predicted molar refractivity (Wildman–Crippen MR) is 106 cm³/mol. The molecule has 0 saturated heterocycles. The maximum absolute atomic E-state index is 12.0. The third kappa shape index (κ3) is 5.59. The Morgan fingerprint density at radius 3 is 2.56 bits per heavy atom. The molecule has 140 valence electrons. The standard InChI is InChI=1S/C20H21N3O3S/c1-14-5-11-17(12-6-14)27-13-3-4-18(24)21-20-23-22-19(26-20)15-7-9-16(25-2)10-8-15/h5-12H,3-4,13H2,1-2H3,(H,21,23,24). The van der Waals surface area contributed by atoms with E-state index in [1.165, 1.54) is 10.5 Å². The molecule has 0 aliphatic carbocycles. The van der Waals surface area contributed by atoms with Crippen LogP contribution >= 0.6 is 11.8 Å². The molecule has 1 amide bonds. The van der Waals surface area contributed by atoms with Gasteiger partial charge in [0.25, 0.3) is 0 Å². The number of amides is 1. The van der Waals surface area contributed by atoms with E-state index in [9.17, 15) is 4.79 Å². The smallest absolute Gasteiger partial charge is 0.322 e. The number of hydrogen-bond donors (Lipinski definition) is 1. The summed E-state index contributed by atoms with van der Waals surface area (Å²) < 4.78 is 10.6. The molecule has 3 aromatic rings. The van der Waals surface area contributed by atoms with Crippen molar-refractivity contribution < 1.29 is 13.9 Å². The van der Waals surface area contributed by atoms with Gasteiger partial charge in [0.2, 0.25) is 11.8 Å². The van der Waals surface area contributed by atoms with Gasteiger partial charge >= 0.3 is 6.01 Å². The number of benzene rings is 2. The number of hydrogen-bond acceptors (Lipinski definition) is 6. The second-order valence-corrected chi connectivity index (χ2v) is 7.12. The van der Waals surface area contributed by atoms with Crippen LogP contribution in [-0.4, -0.2) is 29.0 Å². The minimum atomic E-state index is -0.135. The van der Waals surface area contributed by atoms with Crippen molar-refractivity contribution in [2.45, 2.75) is 24.7 Å². The Kier molecular flexibility index (Phi) is 6.49. The van der Waals surface area contributed by atoms with Crippen molar-refractivity contribution >= 4 is 23.7 Å². The number of carbonyl (C=O) groups is 1. The lowest BCUT2D eigenvalue weighted by molar-refractivity contribution is -0.116. The van der Waals surface area contributed by atoms with Gasteiger partial charge in [0.1, 0.15) is 5.75 Å². The zero-order chi connectivity index (χ0) is 19.1. The first-order valence-electron chi connectivity index (χ1n) is 8.61. The minimum absolute atomic E-state index is 0.108. The van der Waals surface area contributed by atoms with Crippen molar-refractivity contribution in [2.24, 2.45) is 0 Å². The SMILES string of the molecule is COc1ccc(-c2nnc(NC(=O)CCCSc3ccc(C)cc3)o2)cc1. The molecule has 0 aliphatic rings. The lowest BCUT2D eigenvalue weighted by Crippen LogP contribution is -2.11. The fourth-order valence-electron chi connectivity index (χ4n) is 2.36. The highest BCUT2D eigenvalue weighted by Crippen LogP contribution is 2.23. The van der Waals surface area contributed by atoms with Gasteiger partial charge in [-0.3, -0.25) is 10.1 Å². The highest BCUT2D eigenvalue weighted by Gasteiger charge is 2.11. The summed E-state index contributed by atoms with van der Waals surface area (Å²) in [5, 5.41) is 10.5. The molecule has 0 atom stereocenters. The predicted octanol–water partition coefficient (Wildman–Crippen LogP) is 4.56. The summed E-state index contributed by atoms with van der Waals surface area (Å²) in [5.74, 6) is 1.83. The van der Waals surface area contributed by atoms with Crippen LogP contribution in [0.3, 0.4) is 0 Å². The number of rotatable bonds is 8. The molecule has 27 heavy (non-hydrogen) atoms. The number of ether oxygens (including phenoxy) is 1. The molecule has 1 aromatic heterocycles. The van der Waals surface area contributed by atoms with E-state index in [1.54, 1.807) is 18.9 Å². The number of aromatic nitrogens is 2. The van der Waals surface area contributed by atoms with Gasteiger partial charge in [-0.25, -0.2) is 0 Å². The van der Waals surface area contributed by atoms with Crippen LogP contribution in [0.25, 0.3) is 11.5 Å². The van der Waals surface area contributed by atoms with E-state index in [4.69, 9.17) is 9.15 Å². The molecule has 0 bridgehead atoms. The Morgan fingerprint density at radius 1 is 1.11 bits per heavy atom. The molecule has 0 fully saturated rings. The molecular formula is C20H21N3O3S. The highest BCUT2D eigenvalue weighted by molar-refractivity contribution is 7.99. The first-order chi connectivity index (χ1) is 13.1. The fraction of sp³-hybridized carbons (Fsp3) is 0.250. The molecule has 1 heterocycles. The maximum Gasteiger partial charge on any atom is 0.322 e. The number of carbonyl (C=O) groups excluding carboxylic acids is 1. The van der Waals surface area contributed by atoms with Gasteiger partial charge in [0.15, 0.2) is 0 Å². The van der Waals surface area contributed by atoms with Crippen LogP contribution in [-0.2, 0) is 4.79 Å². The number of anilines is 1. The normalized spacial score (nSPS) is 10.6. The number of aryl methyl sites for hydroxylation is 1. The summed E-state index contributed by atoms with van der Waals surface area (Å²) in [4.78, 5) is 13.2. The van der Waals surface area contributed by atoms with Crippen molar-refractivity contribution in [3.8, 4) is 17.2 Å². The Bertz CT molecular complexity index is 876. The molecule has 0 aliphatic heterocycles. The molecule has 7 heteroatoms. The Balaban J connectivity index is 1.44. The first kappa shape index (κ1) is 19.0. The summed E-state index contributed by atoms with van der Waals surface area (Å²) in [6.07, 6.45) is 1.17. The van der Waals surface area contributed by atoms with Gasteiger partial charge in [-0.2, -0.15) is 0 Å². The molecule has 0 spiro atoms. The Morgan fingerprint density at radius 2 is 1.85 bits per heavy atom. The van der Waals surface area contributed by atoms with Gasteiger partial charge < -0.3 is 9.15 Å². The summed E-state index contributed by atoms with van der Waals surface area (Å²) >= 11 is 1.74. The lowest BCUT2D eigenvalue weighted by Gasteiger charge is -2.02. The average molecular weight is 383 g/mol. The van der Waals surface area contributed by atoms with Gasteiger partial charge in [0.05, 0.1) is 7.11 Å². The van der Waals surface area contributed by atoms with Crippen molar-refractivity contribution in [1.29, 1.82) is 0 Å². The molecule has 1 N–H and O–H groups in total. The van der Waals surface area contributed by atoms with Crippen LogP contribution in [0, 0.1) is 6.92 Å². The number of methoxy groups -OCH3 is 1. The second-order valence-electron chi connectivity index (χ2n) is 5.95. The molecule has 3 rings (SSSR count). The van der Waals surface area contributed by atoms with Crippen LogP contribution in [0.1, 0.15) is 18.4 Å². The van der Waals surface area contributed by atoms with E-state index in [1.807, 2.05) is 24.3 Å². The van der Waals surface area contributed by atoms with Crippen LogP contribution in [0.2, 0.25) is 0 Å². The first-order valence-corrected chi connectivity index (χ1v) is 9.60. The fourth-order valence-corrected chi connectivity index (χ4v) is 3.22. The van der Waals surface area contributed by atoms with E-state index in [-0.39, 0.29) is 11.9 Å². The second kappa shape index (κ2) is 9.23. The maximum atomic E-state index is 12.0. The van der Waals surface area contributed by atoms with Crippen molar-refractivity contribution in [3.05, 3.63) is 54.1 Å². The van der Waals surface area contributed by atoms with Gasteiger partial charge in [-0.15, -0.1) is 16.9 Å². The summed E-state index contributed by atoms with van der Waals surface area (Å²) in [5.41, 5.74) is 2.01. The molecular weight excluding hydrogens is 362 g/mol. The Labute approximate surface area is 162 Å². The monoisotopic (exact) mass is 383 g/mol. The number of nitrogens with one attached hydrogen (secondary N) is 1. The van der Waals surface area contributed by atoms with Gasteiger partial charge in [0, 0.05) is 16.9 Å². The lowest BCUT2D eigenvalue weighted by atomic mass is 10.2. The number of thioether (sulfide) groups is 1. The minimum Gasteiger partial charge on any atom is -0.497 e. The largest absolute Gasteiger partial charge is 0.497 e. The highest BCUT2D eigenvalue weighted by atomic mass is 32.2. The molecule has 0 saturated carbocycles. The molecule has 6 nitrogen and oxygen atoms in total. The van der Waals surface area contributed by atoms with E-state index in [2.05, 4.69) is 46.7 Å². The van der Waals surface area contributed by atoms with Crippen LogP contribution < -0.4 is 10.1 Å². The molecule has 0 radical (unpaired) electrons. The van der Waals surface area contributed by atoms with Crippen LogP contribution in [0.5, 0.6) is 5.75 Å². The van der Waals surface area contributed by atoms with Gasteiger partial charge in [-0.1, -0.05) is 22.8 Å². The average Bonchev–Trinajstić information content (AvgIpc) is 3.15. The third-order valence-corrected chi connectivity index (χ3v) is 4.94. The molecule has 2 aromatic carbocycles. The molecule has 0 unspecified atom stereocenters. The summed E-state index contributed by atoms with van der Waals surface area (Å²) in [7, 11) is 1.61. The van der Waals surface area contributed by atoms with Gasteiger partial charge in [-0.05, 0) is 55.5 Å². The Hall–Kier alpha value is -2.80. The van der Waals surface area contributed by atoms with E-state index < -0.39 is 0 Å². The van der Waals surface area contributed by atoms with Crippen LogP contribution in [0.4, 0.5) is 6.01 Å². The summed E-state index contributed by atoms with van der Waals surface area (Å²) in [6, 6.07) is 15.7. The van der Waals surface area contributed by atoms with Crippen LogP contribution in [0.15, 0.2) is 57.8 Å². The van der Waals surface area contributed by atoms with E-state index in [0.717, 1.165) is 23.5 Å². The number of nitrogens with zero attached hydrogens (tertiary/aromatic N) is 2. The van der Waals surface area contributed by atoms with E-state index in [0.29, 0.717) is 12.3 Å². The zero-order valence-electron chi connectivity index (χ0n) is 15.3. The van der Waals surface area contributed by atoms with Crippen molar-refractivity contribution in [2.75, 3.05) is 18.2 Å². The van der Waals surface area contributed by atoms with Crippen molar-refractivity contribution in [1.82, 2.24) is 10.2 Å². The zero-order valence-corrected chi connectivity index (χ0v) is 16.1. The third-order valence-electron chi connectivity index (χ3n) is 3.85.